The Balaban J connectivity index is 1.43. The minimum absolute atomic E-state index is 0.282. The highest BCUT2D eigenvalue weighted by atomic mass is 32.1. The average molecular weight is 513 g/mol. The van der Waals surface area contributed by atoms with Gasteiger partial charge in [-0.15, -0.1) is 10.2 Å². The second kappa shape index (κ2) is 12.3. The molecule has 0 amide bonds. The van der Waals surface area contributed by atoms with E-state index in [-0.39, 0.29) is 5.95 Å². The van der Waals surface area contributed by atoms with E-state index in [0.29, 0.717) is 16.5 Å². The maximum Gasteiger partial charge on any atom is 0.249 e. The molecule has 4 aromatic carbocycles. The molecule has 0 fully saturated rings. The summed E-state index contributed by atoms with van der Waals surface area (Å²) in [5.41, 5.74) is 5.14. The predicted molar refractivity (Wildman–Crippen MR) is 160 cm³/mol. The van der Waals surface area contributed by atoms with Crippen LogP contribution in [0.2, 0.25) is 0 Å². The standard InChI is InChI=1S/C31H24N6S/c38-31(37(27-21-11-4-12-22-27)32-23-13-16-24-14-5-1-6-15-24)34-30-33-28(25-17-7-2-8-18-25)29(35-36-30)26-19-9-3-10-20-26/h1-23H,(H,33,34,36,38). The number of anilines is 2. The number of aromatic nitrogens is 3. The Morgan fingerprint density at radius 3 is 1.87 bits per heavy atom. The molecule has 7 heteroatoms. The van der Waals surface area contributed by atoms with Crippen LogP contribution >= 0.6 is 12.2 Å². The smallest absolute Gasteiger partial charge is 0.249 e. The number of nitrogens with one attached hydrogen (secondary N) is 1. The fourth-order valence-electron chi connectivity index (χ4n) is 3.74. The highest BCUT2D eigenvalue weighted by Gasteiger charge is 2.16. The van der Waals surface area contributed by atoms with Gasteiger partial charge in [-0.2, -0.15) is 5.10 Å². The van der Waals surface area contributed by atoms with Gasteiger partial charge in [-0.1, -0.05) is 115 Å². The summed E-state index contributed by atoms with van der Waals surface area (Å²) in [6, 6.07) is 39.5. The maximum absolute atomic E-state index is 5.74. The Kier molecular flexibility index (Phi) is 7.98. The van der Waals surface area contributed by atoms with Crippen molar-refractivity contribution in [2.75, 3.05) is 10.3 Å². The van der Waals surface area contributed by atoms with E-state index in [0.717, 1.165) is 22.4 Å². The molecule has 0 aliphatic carbocycles. The first-order valence-electron chi connectivity index (χ1n) is 12.1. The van der Waals surface area contributed by atoms with Crippen LogP contribution in [-0.4, -0.2) is 26.5 Å². The molecule has 1 heterocycles. The van der Waals surface area contributed by atoms with Gasteiger partial charge >= 0.3 is 0 Å². The van der Waals surface area contributed by atoms with Gasteiger partial charge in [0.25, 0.3) is 0 Å². The lowest BCUT2D eigenvalue weighted by Gasteiger charge is -2.20. The molecule has 0 saturated carbocycles. The number of hydrogen-bond acceptors (Lipinski definition) is 5. The molecule has 5 aromatic rings. The van der Waals surface area contributed by atoms with Gasteiger partial charge in [0.15, 0.2) is 0 Å². The van der Waals surface area contributed by atoms with E-state index in [2.05, 4.69) is 20.6 Å². The molecule has 0 aliphatic rings. The molecule has 6 nitrogen and oxygen atoms in total. The highest BCUT2D eigenvalue weighted by molar-refractivity contribution is 7.80. The summed E-state index contributed by atoms with van der Waals surface area (Å²) < 4.78 is 0. The SMILES string of the molecule is S=C(Nc1nnc(-c2ccccc2)c(-c2ccccc2)n1)N(N=CC=Cc1ccccc1)c1ccccc1. The lowest BCUT2D eigenvalue weighted by Crippen LogP contribution is -2.31. The largest absolute Gasteiger partial charge is 0.298 e. The molecular formula is C31H24N6S. The number of hydrogen-bond donors (Lipinski definition) is 1. The van der Waals surface area contributed by atoms with Crippen molar-refractivity contribution in [3.05, 3.63) is 133 Å². The van der Waals surface area contributed by atoms with Crippen molar-refractivity contribution in [2.45, 2.75) is 0 Å². The van der Waals surface area contributed by atoms with Crippen LogP contribution in [0, 0.1) is 0 Å². The molecule has 0 aliphatic heterocycles. The van der Waals surface area contributed by atoms with Crippen molar-refractivity contribution in [3.8, 4) is 22.5 Å². The van der Waals surface area contributed by atoms with Crippen LogP contribution in [0.15, 0.2) is 133 Å². The molecular weight excluding hydrogens is 488 g/mol. The van der Waals surface area contributed by atoms with E-state index >= 15 is 0 Å². The first-order valence-corrected chi connectivity index (χ1v) is 12.5. The number of benzene rings is 4. The number of allylic oxidation sites excluding steroid dienone is 1. The van der Waals surface area contributed by atoms with E-state index in [4.69, 9.17) is 17.2 Å². The first kappa shape index (κ1) is 24.7. The monoisotopic (exact) mass is 512 g/mol. The highest BCUT2D eigenvalue weighted by Crippen LogP contribution is 2.29. The van der Waals surface area contributed by atoms with E-state index in [9.17, 15) is 0 Å². The lowest BCUT2D eigenvalue weighted by molar-refractivity contribution is 0.990. The zero-order chi connectivity index (χ0) is 26.0. The molecule has 1 N–H and O–H groups in total. The van der Waals surface area contributed by atoms with Gasteiger partial charge in [-0.25, -0.2) is 9.99 Å². The molecule has 0 saturated heterocycles. The van der Waals surface area contributed by atoms with Crippen molar-refractivity contribution in [2.24, 2.45) is 5.10 Å². The number of thiocarbonyl (C=S) groups is 1. The molecule has 1 aromatic heterocycles. The second-order valence-electron chi connectivity index (χ2n) is 8.18. The molecule has 0 unspecified atom stereocenters. The van der Waals surface area contributed by atoms with Crippen LogP contribution in [0.4, 0.5) is 11.6 Å². The van der Waals surface area contributed by atoms with E-state index in [1.165, 1.54) is 0 Å². The predicted octanol–water partition coefficient (Wildman–Crippen LogP) is 7.11. The molecule has 184 valence electrons. The Morgan fingerprint density at radius 1 is 0.684 bits per heavy atom. The molecule has 0 radical (unpaired) electrons. The van der Waals surface area contributed by atoms with Crippen molar-refractivity contribution in [1.29, 1.82) is 0 Å². The third-order valence-corrected chi connectivity index (χ3v) is 5.82. The molecule has 38 heavy (non-hydrogen) atoms. The fraction of sp³-hybridized carbons (Fsp3) is 0. The van der Waals surface area contributed by atoms with Crippen molar-refractivity contribution in [3.63, 3.8) is 0 Å². The summed E-state index contributed by atoms with van der Waals surface area (Å²) in [6.45, 7) is 0. The fourth-order valence-corrected chi connectivity index (χ4v) is 3.99. The van der Waals surface area contributed by atoms with Crippen LogP contribution in [0.25, 0.3) is 28.6 Å². The minimum atomic E-state index is 0.282. The van der Waals surface area contributed by atoms with E-state index < -0.39 is 0 Å². The van der Waals surface area contributed by atoms with Crippen molar-refractivity contribution in [1.82, 2.24) is 15.2 Å². The summed E-state index contributed by atoms with van der Waals surface area (Å²) >= 11 is 5.74. The summed E-state index contributed by atoms with van der Waals surface area (Å²) in [7, 11) is 0. The number of hydrazone groups is 1. The third-order valence-electron chi connectivity index (χ3n) is 5.55. The topological polar surface area (TPSA) is 66.3 Å². The van der Waals surface area contributed by atoms with Crippen LogP contribution in [0.1, 0.15) is 5.56 Å². The summed E-state index contributed by atoms with van der Waals surface area (Å²) in [6.07, 6.45) is 5.54. The molecule has 0 atom stereocenters. The Morgan fingerprint density at radius 2 is 1.24 bits per heavy atom. The number of rotatable bonds is 7. The second-order valence-corrected chi connectivity index (χ2v) is 8.56. The zero-order valence-corrected chi connectivity index (χ0v) is 21.2. The number of nitrogens with zero attached hydrogens (tertiary/aromatic N) is 5. The lowest BCUT2D eigenvalue weighted by atomic mass is 10.0. The van der Waals surface area contributed by atoms with Crippen LogP contribution in [0.5, 0.6) is 0 Å². The Bertz CT molecular complexity index is 1540. The van der Waals surface area contributed by atoms with Gasteiger partial charge < -0.3 is 0 Å². The van der Waals surface area contributed by atoms with Gasteiger partial charge in [-0.05, 0) is 36.0 Å². The van der Waals surface area contributed by atoms with Gasteiger partial charge in [0, 0.05) is 17.3 Å². The van der Waals surface area contributed by atoms with Crippen molar-refractivity contribution >= 4 is 41.3 Å². The van der Waals surface area contributed by atoms with Gasteiger partial charge in [0.2, 0.25) is 11.1 Å². The summed E-state index contributed by atoms with van der Waals surface area (Å²) in [5, 5.41) is 18.5. The Labute approximate surface area is 227 Å². The van der Waals surface area contributed by atoms with Gasteiger partial charge in [0.05, 0.1) is 5.69 Å². The average Bonchev–Trinajstić information content (AvgIpc) is 2.99. The molecule has 5 rings (SSSR count). The van der Waals surface area contributed by atoms with Gasteiger partial charge in [-0.3, -0.25) is 5.32 Å². The van der Waals surface area contributed by atoms with Crippen LogP contribution in [-0.2, 0) is 0 Å². The zero-order valence-electron chi connectivity index (χ0n) is 20.4. The quantitative estimate of drug-likeness (QED) is 0.142. The first-order chi connectivity index (χ1) is 18.8. The van der Waals surface area contributed by atoms with Gasteiger partial charge in [0.1, 0.15) is 11.4 Å². The normalized spacial score (nSPS) is 11.1. The summed E-state index contributed by atoms with van der Waals surface area (Å²) in [5.74, 6) is 0.282. The third kappa shape index (κ3) is 6.21. The molecule has 0 bridgehead atoms. The molecule has 0 spiro atoms. The van der Waals surface area contributed by atoms with E-state index in [1.807, 2.05) is 133 Å². The van der Waals surface area contributed by atoms with E-state index in [1.54, 1.807) is 11.2 Å². The minimum Gasteiger partial charge on any atom is -0.298 e. The van der Waals surface area contributed by atoms with Crippen LogP contribution < -0.4 is 10.3 Å². The van der Waals surface area contributed by atoms with Crippen molar-refractivity contribution < 1.29 is 0 Å². The van der Waals surface area contributed by atoms with Crippen LogP contribution in [0.3, 0.4) is 0 Å². The number of para-hydroxylation sites is 1. The Hall–Kier alpha value is -5.01. The maximum atomic E-state index is 5.74. The summed E-state index contributed by atoms with van der Waals surface area (Å²) in [4.78, 5) is 4.81.